The van der Waals surface area contributed by atoms with Crippen LogP contribution in [0.3, 0.4) is 0 Å². The molecule has 23 heavy (non-hydrogen) atoms. The predicted octanol–water partition coefficient (Wildman–Crippen LogP) is 2.80. The third-order valence-corrected chi connectivity index (χ3v) is 4.46. The normalized spacial score (nSPS) is 17.7. The van der Waals surface area contributed by atoms with Crippen LogP contribution in [0.4, 0.5) is 0 Å². The third-order valence-electron chi connectivity index (χ3n) is 4.46. The summed E-state index contributed by atoms with van der Waals surface area (Å²) in [5, 5.41) is 8.24. The van der Waals surface area contributed by atoms with Crippen LogP contribution < -0.4 is 0 Å². The monoisotopic (exact) mass is 306 g/mol. The van der Waals surface area contributed by atoms with Crippen molar-refractivity contribution in [3.63, 3.8) is 0 Å². The third kappa shape index (κ3) is 2.59. The van der Waals surface area contributed by atoms with Crippen LogP contribution in [-0.4, -0.2) is 32.3 Å². The number of para-hydroxylation sites is 1. The number of nitrogens with zero attached hydrogens (tertiary/aromatic N) is 4. The smallest absolute Gasteiger partial charge is 0.244 e. The molecule has 0 saturated carbocycles. The van der Waals surface area contributed by atoms with Crippen LogP contribution in [-0.2, 0) is 11.3 Å². The second-order valence-corrected chi connectivity index (χ2v) is 5.89. The molecule has 1 atom stereocenters. The fourth-order valence-corrected chi connectivity index (χ4v) is 3.34. The minimum Gasteiger partial charge on any atom is -0.334 e. The Bertz CT molecular complexity index is 827. The lowest BCUT2D eigenvalue weighted by Gasteiger charge is -2.25. The summed E-state index contributed by atoms with van der Waals surface area (Å²) < 4.78 is 1.69. The molecule has 2 aromatic carbocycles. The molecular formula is C18H18N4O. The molecule has 1 amide bonds. The molecule has 1 aromatic heterocycles. The Labute approximate surface area is 134 Å². The summed E-state index contributed by atoms with van der Waals surface area (Å²) in [6.07, 6.45) is 2.07. The molecule has 2 heterocycles. The van der Waals surface area contributed by atoms with Crippen molar-refractivity contribution in [2.75, 3.05) is 6.54 Å². The fraction of sp³-hybridized carbons (Fsp3) is 0.278. The summed E-state index contributed by atoms with van der Waals surface area (Å²) in [7, 11) is 0. The van der Waals surface area contributed by atoms with E-state index in [1.54, 1.807) is 4.68 Å². The van der Waals surface area contributed by atoms with Crippen LogP contribution in [0, 0.1) is 0 Å². The van der Waals surface area contributed by atoms with Crippen molar-refractivity contribution in [3.05, 3.63) is 60.2 Å². The first-order chi connectivity index (χ1) is 11.3. The lowest BCUT2D eigenvalue weighted by Crippen LogP contribution is -2.33. The average Bonchev–Trinajstić information content (AvgIpc) is 3.23. The first kappa shape index (κ1) is 13.9. The maximum atomic E-state index is 12.8. The van der Waals surface area contributed by atoms with E-state index >= 15 is 0 Å². The highest BCUT2D eigenvalue weighted by atomic mass is 16.2. The summed E-state index contributed by atoms with van der Waals surface area (Å²) in [5.41, 5.74) is 2.93. The van der Waals surface area contributed by atoms with Crippen molar-refractivity contribution >= 4 is 16.9 Å². The van der Waals surface area contributed by atoms with Gasteiger partial charge in [-0.2, -0.15) is 0 Å². The lowest BCUT2D eigenvalue weighted by molar-refractivity contribution is -0.132. The Morgan fingerprint density at radius 3 is 2.74 bits per heavy atom. The Balaban J connectivity index is 1.56. The standard InChI is InChI=1S/C18H18N4O/c23-18(13-22-17-10-5-4-9-15(17)19-20-22)21-12-6-11-16(21)14-7-2-1-3-8-14/h1-5,7-10,16H,6,11-13H2. The lowest BCUT2D eigenvalue weighted by atomic mass is 10.0. The predicted molar refractivity (Wildman–Crippen MR) is 87.7 cm³/mol. The number of benzene rings is 2. The zero-order valence-corrected chi connectivity index (χ0v) is 12.8. The van der Waals surface area contributed by atoms with Gasteiger partial charge in [0.15, 0.2) is 0 Å². The van der Waals surface area contributed by atoms with Gasteiger partial charge in [-0.05, 0) is 30.5 Å². The number of fused-ring (bicyclic) bond motifs is 1. The first-order valence-electron chi connectivity index (χ1n) is 7.95. The van der Waals surface area contributed by atoms with Crippen LogP contribution in [0.2, 0.25) is 0 Å². The molecule has 1 aliphatic rings. The highest BCUT2D eigenvalue weighted by molar-refractivity contribution is 5.80. The number of rotatable bonds is 3. The summed E-state index contributed by atoms with van der Waals surface area (Å²) in [6, 6.07) is 18.2. The molecule has 5 heteroatoms. The van der Waals surface area contributed by atoms with Crippen LogP contribution >= 0.6 is 0 Å². The second-order valence-electron chi connectivity index (χ2n) is 5.89. The zero-order chi connectivity index (χ0) is 15.6. The van der Waals surface area contributed by atoms with E-state index in [4.69, 9.17) is 0 Å². The van der Waals surface area contributed by atoms with Crippen molar-refractivity contribution in [3.8, 4) is 0 Å². The number of hydrogen-bond acceptors (Lipinski definition) is 3. The minimum absolute atomic E-state index is 0.104. The van der Waals surface area contributed by atoms with Crippen molar-refractivity contribution < 1.29 is 4.79 Å². The molecule has 0 spiro atoms. The molecule has 3 aromatic rings. The van der Waals surface area contributed by atoms with Gasteiger partial charge in [0.2, 0.25) is 5.91 Å². The number of carbonyl (C=O) groups is 1. The molecule has 1 saturated heterocycles. The maximum absolute atomic E-state index is 12.8. The molecule has 116 valence electrons. The summed E-state index contributed by atoms with van der Waals surface area (Å²) >= 11 is 0. The van der Waals surface area contributed by atoms with Crippen LogP contribution in [0.15, 0.2) is 54.6 Å². The van der Waals surface area contributed by atoms with Crippen LogP contribution in [0.5, 0.6) is 0 Å². The van der Waals surface area contributed by atoms with E-state index in [9.17, 15) is 4.79 Å². The summed E-state index contributed by atoms with van der Waals surface area (Å²) in [4.78, 5) is 14.8. The van der Waals surface area contributed by atoms with Gasteiger partial charge in [0.05, 0.1) is 11.6 Å². The van der Waals surface area contributed by atoms with Gasteiger partial charge < -0.3 is 4.90 Å². The van der Waals surface area contributed by atoms with Gasteiger partial charge in [-0.3, -0.25) is 4.79 Å². The van der Waals surface area contributed by atoms with Crippen molar-refractivity contribution in [1.29, 1.82) is 0 Å². The Hall–Kier alpha value is -2.69. The molecule has 1 unspecified atom stereocenters. The zero-order valence-electron chi connectivity index (χ0n) is 12.8. The number of amides is 1. The van der Waals surface area contributed by atoms with E-state index in [1.807, 2.05) is 47.4 Å². The first-order valence-corrected chi connectivity index (χ1v) is 7.95. The molecule has 0 aliphatic carbocycles. The van der Waals surface area contributed by atoms with E-state index in [-0.39, 0.29) is 18.5 Å². The number of carbonyl (C=O) groups excluding carboxylic acids is 1. The Kier molecular flexibility index (Phi) is 3.54. The van der Waals surface area contributed by atoms with Gasteiger partial charge in [-0.1, -0.05) is 47.7 Å². The maximum Gasteiger partial charge on any atom is 0.244 e. The van der Waals surface area contributed by atoms with Crippen molar-refractivity contribution in [2.24, 2.45) is 0 Å². The molecule has 0 N–H and O–H groups in total. The van der Waals surface area contributed by atoms with Gasteiger partial charge in [0, 0.05) is 6.54 Å². The van der Waals surface area contributed by atoms with E-state index in [2.05, 4.69) is 22.4 Å². The van der Waals surface area contributed by atoms with Gasteiger partial charge >= 0.3 is 0 Å². The molecule has 1 fully saturated rings. The van der Waals surface area contributed by atoms with Crippen LogP contribution in [0.1, 0.15) is 24.4 Å². The highest BCUT2D eigenvalue weighted by Crippen LogP contribution is 2.31. The molecule has 0 radical (unpaired) electrons. The van der Waals surface area contributed by atoms with Crippen molar-refractivity contribution in [1.82, 2.24) is 19.9 Å². The average molecular weight is 306 g/mol. The molecule has 0 bridgehead atoms. The van der Waals surface area contributed by atoms with Gasteiger partial charge in [0.25, 0.3) is 0 Å². The van der Waals surface area contributed by atoms with E-state index in [1.165, 1.54) is 5.56 Å². The Morgan fingerprint density at radius 2 is 1.87 bits per heavy atom. The number of hydrogen-bond donors (Lipinski definition) is 0. The SMILES string of the molecule is O=C(Cn1nnc2ccccc21)N1CCCC1c1ccccc1. The number of likely N-dealkylation sites (tertiary alicyclic amines) is 1. The van der Waals surface area contributed by atoms with Gasteiger partial charge in [-0.15, -0.1) is 5.10 Å². The highest BCUT2D eigenvalue weighted by Gasteiger charge is 2.30. The molecule has 1 aliphatic heterocycles. The van der Waals surface area contributed by atoms with Gasteiger partial charge in [0.1, 0.15) is 12.1 Å². The quantitative estimate of drug-likeness (QED) is 0.747. The molecule has 5 nitrogen and oxygen atoms in total. The number of aromatic nitrogens is 3. The van der Waals surface area contributed by atoms with E-state index < -0.39 is 0 Å². The largest absolute Gasteiger partial charge is 0.334 e. The Morgan fingerprint density at radius 1 is 1.09 bits per heavy atom. The fourth-order valence-electron chi connectivity index (χ4n) is 3.34. The molecular weight excluding hydrogens is 288 g/mol. The van der Waals surface area contributed by atoms with Crippen molar-refractivity contribution in [2.45, 2.75) is 25.4 Å². The van der Waals surface area contributed by atoms with Crippen LogP contribution in [0.25, 0.3) is 11.0 Å². The van der Waals surface area contributed by atoms with E-state index in [0.717, 1.165) is 30.4 Å². The summed E-state index contributed by atoms with van der Waals surface area (Å²) in [5.74, 6) is 0.104. The second kappa shape index (κ2) is 5.83. The topological polar surface area (TPSA) is 51.0 Å². The molecule has 4 rings (SSSR count). The van der Waals surface area contributed by atoms with Gasteiger partial charge in [-0.25, -0.2) is 4.68 Å². The van der Waals surface area contributed by atoms with E-state index in [0.29, 0.717) is 0 Å². The summed E-state index contributed by atoms with van der Waals surface area (Å²) in [6.45, 7) is 1.05. The minimum atomic E-state index is 0.104.